The summed E-state index contributed by atoms with van der Waals surface area (Å²) in [6, 6.07) is 4.95. The summed E-state index contributed by atoms with van der Waals surface area (Å²) in [6.45, 7) is 1.17. The number of rotatable bonds is 6. The Hall–Kier alpha value is -1.79. The number of ether oxygens (including phenoxy) is 1. The second-order valence-corrected chi connectivity index (χ2v) is 4.26. The van der Waals surface area contributed by atoms with E-state index in [0.717, 1.165) is 5.56 Å². The SMILES string of the molecule is Cc1cc(OCC(=O)NCC(O)C(=O)O)ccc1Cl. The van der Waals surface area contributed by atoms with E-state index in [-0.39, 0.29) is 13.2 Å². The molecular weight excluding hydrogens is 274 g/mol. The molecule has 3 N–H and O–H groups in total. The number of aliphatic carboxylic acids is 1. The molecule has 1 rings (SSSR count). The van der Waals surface area contributed by atoms with Crippen LogP contribution in [0.4, 0.5) is 0 Å². The third-order valence-electron chi connectivity index (χ3n) is 2.28. The summed E-state index contributed by atoms with van der Waals surface area (Å²) in [5.74, 6) is -1.43. The van der Waals surface area contributed by atoms with E-state index in [2.05, 4.69) is 5.32 Å². The third kappa shape index (κ3) is 5.15. The maximum Gasteiger partial charge on any atom is 0.334 e. The average molecular weight is 288 g/mol. The molecule has 1 unspecified atom stereocenters. The van der Waals surface area contributed by atoms with Gasteiger partial charge in [-0.05, 0) is 30.7 Å². The van der Waals surface area contributed by atoms with Gasteiger partial charge in [0.1, 0.15) is 5.75 Å². The second kappa shape index (κ2) is 6.96. The molecule has 1 amide bonds. The van der Waals surface area contributed by atoms with Gasteiger partial charge in [0, 0.05) is 5.02 Å². The maximum absolute atomic E-state index is 11.3. The maximum atomic E-state index is 11.3. The number of carboxylic acid groups (broad SMARTS) is 1. The molecule has 7 heteroatoms. The molecule has 0 bridgehead atoms. The standard InChI is InChI=1S/C12H14ClNO5/c1-7-4-8(2-3-9(7)13)19-6-11(16)14-5-10(15)12(17)18/h2-4,10,15H,5-6H2,1H3,(H,14,16)(H,17,18). The molecule has 0 aromatic heterocycles. The summed E-state index contributed by atoms with van der Waals surface area (Å²) in [7, 11) is 0. The molecule has 0 aliphatic rings. The number of aryl methyl sites for hydroxylation is 1. The molecule has 104 valence electrons. The van der Waals surface area contributed by atoms with E-state index in [1.54, 1.807) is 25.1 Å². The van der Waals surface area contributed by atoms with Crippen LogP contribution in [-0.2, 0) is 9.59 Å². The molecule has 19 heavy (non-hydrogen) atoms. The van der Waals surface area contributed by atoms with Crippen LogP contribution >= 0.6 is 11.6 Å². The van der Waals surface area contributed by atoms with Crippen molar-refractivity contribution < 1.29 is 24.5 Å². The van der Waals surface area contributed by atoms with Gasteiger partial charge in [-0.2, -0.15) is 0 Å². The molecule has 1 aromatic rings. The van der Waals surface area contributed by atoms with Crippen molar-refractivity contribution in [1.82, 2.24) is 5.32 Å². The number of carbonyl (C=O) groups is 2. The highest BCUT2D eigenvalue weighted by atomic mass is 35.5. The molecular formula is C12H14ClNO5. The first-order chi connectivity index (χ1) is 8.90. The quantitative estimate of drug-likeness (QED) is 0.712. The summed E-state index contributed by atoms with van der Waals surface area (Å²) >= 11 is 5.84. The summed E-state index contributed by atoms with van der Waals surface area (Å²) < 4.78 is 5.20. The Balaban J connectivity index is 2.37. The van der Waals surface area contributed by atoms with Crippen molar-refractivity contribution in [3.63, 3.8) is 0 Å². The van der Waals surface area contributed by atoms with Gasteiger partial charge in [0.15, 0.2) is 12.7 Å². The zero-order chi connectivity index (χ0) is 14.4. The van der Waals surface area contributed by atoms with Crippen molar-refractivity contribution in [3.05, 3.63) is 28.8 Å². The van der Waals surface area contributed by atoms with Crippen LogP contribution in [-0.4, -0.2) is 41.3 Å². The van der Waals surface area contributed by atoms with E-state index < -0.39 is 18.0 Å². The second-order valence-electron chi connectivity index (χ2n) is 3.86. The minimum absolute atomic E-state index is 0.270. The molecule has 0 aliphatic heterocycles. The first-order valence-electron chi connectivity index (χ1n) is 5.46. The Morgan fingerprint density at radius 2 is 2.16 bits per heavy atom. The van der Waals surface area contributed by atoms with Gasteiger partial charge in [0.25, 0.3) is 5.91 Å². The van der Waals surface area contributed by atoms with Gasteiger partial charge in [0.2, 0.25) is 0 Å². The highest BCUT2D eigenvalue weighted by Gasteiger charge is 2.14. The van der Waals surface area contributed by atoms with Gasteiger partial charge in [-0.25, -0.2) is 4.79 Å². The van der Waals surface area contributed by atoms with Crippen LogP contribution in [0.1, 0.15) is 5.56 Å². The average Bonchev–Trinajstić information content (AvgIpc) is 2.37. The van der Waals surface area contributed by atoms with Crippen molar-refractivity contribution in [1.29, 1.82) is 0 Å². The lowest BCUT2D eigenvalue weighted by Crippen LogP contribution is -2.38. The van der Waals surface area contributed by atoms with Crippen LogP contribution in [0.2, 0.25) is 5.02 Å². The minimum Gasteiger partial charge on any atom is -0.484 e. The summed E-state index contributed by atoms with van der Waals surface area (Å²) in [4.78, 5) is 21.6. The number of hydrogen-bond donors (Lipinski definition) is 3. The fourth-order valence-corrected chi connectivity index (χ4v) is 1.32. The van der Waals surface area contributed by atoms with Crippen LogP contribution in [0.3, 0.4) is 0 Å². The third-order valence-corrected chi connectivity index (χ3v) is 2.70. The Morgan fingerprint density at radius 1 is 1.47 bits per heavy atom. The largest absolute Gasteiger partial charge is 0.484 e. The molecule has 0 saturated carbocycles. The highest BCUT2D eigenvalue weighted by molar-refractivity contribution is 6.31. The lowest BCUT2D eigenvalue weighted by molar-refractivity contribution is -0.146. The number of nitrogens with one attached hydrogen (secondary N) is 1. The zero-order valence-electron chi connectivity index (χ0n) is 10.2. The number of amides is 1. The molecule has 0 saturated heterocycles. The van der Waals surface area contributed by atoms with E-state index in [9.17, 15) is 9.59 Å². The van der Waals surface area contributed by atoms with E-state index in [4.69, 9.17) is 26.6 Å². The van der Waals surface area contributed by atoms with Gasteiger partial charge in [-0.3, -0.25) is 4.79 Å². The Bertz CT molecular complexity index is 477. The number of benzene rings is 1. The topological polar surface area (TPSA) is 95.9 Å². The Labute approximate surface area is 114 Å². The Morgan fingerprint density at radius 3 is 2.74 bits per heavy atom. The number of carbonyl (C=O) groups excluding carboxylic acids is 1. The highest BCUT2D eigenvalue weighted by Crippen LogP contribution is 2.20. The molecule has 6 nitrogen and oxygen atoms in total. The molecule has 0 radical (unpaired) electrons. The lowest BCUT2D eigenvalue weighted by Gasteiger charge is -2.09. The monoisotopic (exact) mass is 287 g/mol. The fourth-order valence-electron chi connectivity index (χ4n) is 1.20. The first kappa shape index (κ1) is 15.3. The van der Waals surface area contributed by atoms with Crippen molar-refractivity contribution in [3.8, 4) is 5.75 Å². The molecule has 0 aliphatic carbocycles. The van der Waals surface area contributed by atoms with Gasteiger partial charge >= 0.3 is 5.97 Å². The van der Waals surface area contributed by atoms with Crippen molar-refractivity contribution in [2.24, 2.45) is 0 Å². The van der Waals surface area contributed by atoms with Crippen molar-refractivity contribution in [2.75, 3.05) is 13.2 Å². The minimum atomic E-state index is -1.62. The summed E-state index contributed by atoms with van der Waals surface area (Å²) in [6.07, 6.45) is -1.62. The van der Waals surface area contributed by atoms with Crippen LogP contribution in [0.25, 0.3) is 0 Å². The van der Waals surface area contributed by atoms with Gasteiger partial charge in [-0.15, -0.1) is 0 Å². The molecule has 1 aromatic carbocycles. The fraction of sp³-hybridized carbons (Fsp3) is 0.333. The van der Waals surface area contributed by atoms with E-state index in [1.165, 1.54) is 0 Å². The Kier molecular flexibility index (Phi) is 5.59. The van der Waals surface area contributed by atoms with Crippen LogP contribution < -0.4 is 10.1 Å². The normalized spacial score (nSPS) is 11.7. The summed E-state index contributed by atoms with van der Waals surface area (Å²) in [5, 5.41) is 20.2. The van der Waals surface area contributed by atoms with E-state index >= 15 is 0 Å². The number of halogens is 1. The zero-order valence-corrected chi connectivity index (χ0v) is 11.0. The van der Waals surface area contributed by atoms with E-state index in [0.29, 0.717) is 10.8 Å². The van der Waals surface area contributed by atoms with Gasteiger partial charge < -0.3 is 20.3 Å². The first-order valence-corrected chi connectivity index (χ1v) is 5.84. The van der Waals surface area contributed by atoms with Crippen molar-refractivity contribution >= 4 is 23.5 Å². The predicted octanol–water partition coefficient (Wildman–Crippen LogP) is 0.589. The van der Waals surface area contributed by atoms with Crippen LogP contribution in [0, 0.1) is 6.92 Å². The predicted molar refractivity (Wildman–Crippen MR) is 68.3 cm³/mol. The van der Waals surface area contributed by atoms with Gasteiger partial charge in [0.05, 0.1) is 6.54 Å². The van der Waals surface area contributed by atoms with E-state index in [1.807, 2.05) is 0 Å². The number of aliphatic hydroxyl groups is 1. The van der Waals surface area contributed by atoms with Crippen molar-refractivity contribution in [2.45, 2.75) is 13.0 Å². The van der Waals surface area contributed by atoms with Gasteiger partial charge in [-0.1, -0.05) is 11.6 Å². The lowest BCUT2D eigenvalue weighted by atomic mass is 10.2. The molecule has 1 atom stereocenters. The number of carboxylic acids is 1. The number of hydrogen-bond acceptors (Lipinski definition) is 4. The summed E-state index contributed by atoms with van der Waals surface area (Å²) in [5.41, 5.74) is 0.820. The van der Waals surface area contributed by atoms with Crippen LogP contribution in [0.5, 0.6) is 5.75 Å². The molecule has 0 fully saturated rings. The molecule has 0 heterocycles. The molecule has 0 spiro atoms. The van der Waals surface area contributed by atoms with Crippen LogP contribution in [0.15, 0.2) is 18.2 Å². The number of aliphatic hydroxyl groups excluding tert-OH is 1. The smallest absolute Gasteiger partial charge is 0.334 e.